The number of nitriles is 1. The summed E-state index contributed by atoms with van der Waals surface area (Å²) >= 11 is 0. The summed E-state index contributed by atoms with van der Waals surface area (Å²) < 4.78 is 1.33. The highest BCUT2D eigenvalue weighted by molar-refractivity contribution is 5.72. The van der Waals surface area contributed by atoms with Crippen molar-refractivity contribution >= 4 is 5.82 Å². The highest BCUT2D eigenvalue weighted by Crippen LogP contribution is 2.25. The molecule has 0 bridgehead atoms. The number of rotatable bonds is 2. The first-order valence-corrected chi connectivity index (χ1v) is 8.15. The number of aryl methyl sites for hydroxylation is 1. The van der Waals surface area contributed by atoms with Gasteiger partial charge in [-0.15, -0.1) is 0 Å². The predicted octanol–water partition coefficient (Wildman–Crippen LogP) is 1.96. The van der Waals surface area contributed by atoms with E-state index in [-0.39, 0.29) is 22.9 Å². The van der Waals surface area contributed by atoms with Gasteiger partial charge < -0.3 is 5.73 Å². The first kappa shape index (κ1) is 15.1. The highest BCUT2D eigenvalue weighted by Gasteiger charge is 2.21. The second-order valence-electron chi connectivity index (χ2n) is 6.03. The molecule has 124 valence electrons. The number of benzene rings is 1. The summed E-state index contributed by atoms with van der Waals surface area (Å²) in [5.74, 6) is 0.223. The number of nitrogens with zero attached hydrogens (tertiary/aromatic N) is 4. The Labute approximate surface area is 143 Å². The smallest absolute Gasteiger partial charge is 0.277 e. The Bertz CT molecular complexity index is 1040. The molecule has 2 aromatic heterocycles. The largest absolute Gasteiger partial charge is 0.382 e. The Morgan fingerprint density at radius 3 is 2.64 bits per heavy atom. The molecule has 3 N–H and O–H groups in total. The third-order valence-electron chi connectivity index (χ3n) is 4.46. The van der Waals surface area contributed by atoms with Crippen LogP contribution in [0.4, 0.5) is 5.82 Å². The van der Waals surface area contributed by atoms with Crippen molar-refractivity contribution in [1.82, 2.24) is 19.7 Å². The Hall–Kier alpha value is -3.40. The number of hydrogen-bond acceptors (Lipinski definition) is 5. The fraction of sp³-hybridized carbons (Fsp3) is 0.222. The molecule has 0 radical (unpaired) electrons. The lowest BCUT2D eigenvalue weighted by atomic mass is 9.98. The SMILES string of the molecule is N#Cc1c(N)nc(-n2[nH]c3c(c2=O)CCCC3)nc1-c1ccccc1. The summed E-state index contributed by atoms with van der Waals surface area (Å²) in [6.07, 6.45) is 3.66. The van der Waals surface area contributed by atoms with Crippen LogP contribution in [0.5, 0.6) is 0 Å². The van der Waals surface area contributed by atoms with Gasteiger partial charge in [0.2, 0.25) is 0 Å². The molecule has 1 aromatic carbocycles. The minimum atomic E-state index is -0.141. The maximum absolute atomic E-state index is 12.7. The number of H-pyrrole nitrogens is 1. The molecule has 0 aliphatic heterocycles. The molecule has 7 nitrogen and oxygen atoms in total. The van der Waals surface area contributed by atoms with Crippen molar-refractivity contribution in [3.05, 3.63) is 57.5 Å². The molecule has 1 aliphatic carbocycles. The van der Waals surface area contributed by atoms with Gasteiger partial charge in [0, 0.05) is 16.8 Å². The summed E-state index contributed by atoms with van der Waals surface area (Å²) in [5, 5.41) is 12.5. The fourth-order valence-electron chi connectivity index (χ4n) is 3.21. The summed E-state index contributed by atoms with van der Waals surface area (Å²) in [4.78, 5) is 21.3. The van der Waals surface area contributed by atoms with Crippen molar-refractivity contribution in [2.24, 2.45) is 0 Å². The van der Waals surface area contributed by atoms with Gasteiger partial charge in [-0.3, -0.25) is 9.89 Å². The number of aromatic nitrogens is 4. The Balaban J connectivity index is 1.93. The second kappa shape index (κ2) is 5.91. The Morgan fingerprint density at radius 1 is 1.16 bits per heavy atom. The molecule has 3 aromatic rings. The molecule has 0 unspecified atom stereocenters. The van der Waals surface area contributed by atoms with Gasteiger partial charge in [0.1, 0.15) is 17.5 Å². The number of hydrogen-bond donors (Lipinski definition) is 2. The average Bonchev–Trinajstić information content (AvgIpc) is 2.99. The van der Waals surface area contributed by atoms with E-state index in [0.29, 0.717) is 5.69 Å². The topological polar surface area (TPSA) is 113 Å². The van der Waals surface area contributed by atoms with E-state index in [2.05, 4.69) is 21.1 Å². The molecule has 1 aliphatic rings. The van der Waals surface area contributed by atoms with Crippen LogP contribution in [0, 0.1) is 11.3 Å². The van der Waals surface area contributed by atoms with Crippen LogP contribution >= 0.6 is 0 Å². The minimum Gasteiger partial charge on any atom is -0.382 e. The summed E-state index contributed by atoms with van der Waals surface area (Å²) in [5.41, 5.74) is 8.94. The molecular formula is C18H16N6O. The van der Waals surface area contributed by atoms with Gasteiger partial charge in [-0.05, 0) is 25.7 Å². The first-order chi connectivity index (χ1) is 12.2. The lowest BCUT2D eigenvalue weighted by Crippen LogP contribution is -2.21. The molecule has 25 heavy (non-hydrogen) atoms. The molecule has 7 heteroatoms. The van der Waals surface area contributed by atoms with E-state index in [4.69, 9.17) is 5.73 Å². The van der Waals surface area contributed by atoms with Gasteiger partial charge in [-0.1, -0.05) is 30.3 Å². The molecule has 0 amide bonds. The molecule has 0 fully saturated rings. The minimum absolute atomic E-state index is 0.0609. The lowest BCUT2D eigenvalue weighted by molar-refractivity contribution is 0.669. The van der Waals surface area contributed by atoms with Crippen molar-refractivity contribution in [3.8, 4) is 23.3 Å². The fourth-order valence-corrected chi connectivity index (χ4v) is 3.21. The van der Waals surface area contributed by atoms with Crippen LogP contribution in [-0.2, 0) is 12.8 Å². The highest BCUT2D eigenvalue weighted by atomic mass is 16.1. The van der Waals surface area contributed by atoms with Gasteiger partial charge in [0.25, 0.3) is 11.5 Å². The van der Waals surface area contributed by atoms with Crippen molar-refractivity contribution in [3.63, 3.8) is 0 Å². The molecule has 0 spiro atoms. The van der Waals surface area contributed by atoms with Crippen molar-refractivity contribution in [1.29, 1.82) is 5.26 Å². The maximum Gasteiger partial charge on any atom is 0.277 e. The van der Waals surface area contributed by atoms with Crippen molar-refractivity contribution < 1.29 is 0 Å². The van der Waals surface area contributed by atoms with E-state index < -0.39 is 0 Å². The lowest BCUT2D eigenvalue weighted by Gasteiger charge is -2.09. The van der Waals surface area contributed by atoms with Crippen LogP contribution < -0.4 is 11.3 Å². The van der Waals surface area contributed by atoms with Crippen molar-refractivity contribution in [2.45, 2.75) is 25.7 Å². The Morgan fingerprint density at radius 2 is 1.92 bits per heavy atom. The standard InChI is InChI=1S/C18H16N6O/c19-10-13-15(11-6-2-1-3-7-11)21-18(22-16(13)20)24-17(25)12-8-4-5-9-14(12)23-24/h1-3,6-7,23H,4-5,8-9H2,(H2,20,21,22). The van der Waals surface area contributed by atoms with E-state index in [0.717, 1.165) is 42.5 Å². The predicted molar refractivity (Wildman–Crippen MR) is 93.2 cm³/mol. The maximum atomic E-state index is 12.7. The van der Waals surface area contributed by atoms with E-state index in [1.54, 1.807) is 0 Å². The zero-order chi connectivity index (χ0) is 17.4. The van der Waals surface area contributed by atoms with Gasteiger partial charge in [0.05, 0.1) is 5.69 Å². The number of nitrogens with two attached hydrogens (primary N) is 1. The van der Waals surface area contributed by atoms with Gasteiger partial charge in [-0.25, -0.2) is 4.98 Å². The number of nitrogen functional groups attached to an aromatic ring is 1. The zero-order valence-corrected chi connectivity index (χ0v) is 13.5. The van der Waals surface area contributed by atoms with Crippen LogP contribution in [-0.4, -0.2) is 19.7 Å². The van der Waals surface area contributed by atoms with Gasteiger partial charge in [-0.2, -0.15) is 14.9 Å². The molecule has 2 heterocycles. The molecule has 4 rings (SSSR count). The number of anilines is 1. The third kappa shape index (κ3) is 2.48. The summed E-state index contributed by atoms with van der Waals surface area (Å²) in [6, 6.07) is 11.3. The number of nitrogens with one attached hydrogen (secondary N) is 1. The summed E-state index contributed by atoms with van der Waals surface area (Å²) in [7, 11) is 0. The van der Waals surface area contributed by atoms with Crippen LogP contribution in [0.3, 0.4) is 0 Å². The van der Waals surface area contributed by atoms with Crippen LogP contribution in [0.1, 0.15) is 29.7 Å². The number of aromatic amines is 1. The van der Waals surface area contributed by atoms with Crippen LogP contribution in [0.2, 0.25) is 0 Å². The Kier molecular flexibility index (Phi) is 3.58. The van der Waals surface area contributed by atoms with Crippen molar-refractivity contribution in [2.75, 3.05) is 5.73 Å². The van der Waals surface area contributed by atoms with E-state index in [9.17, 15) is 10.1 Å². The third-order valence-corrected chi connectivity index (χ3v) is 4.46. The van der Waals surface area contributed by atoms with E-state index >= 15 is 0 Å². The zero-order valence-electron chi connectivity index (χ0n) is 13.5. The average molecular weight is 332 g/mol. The molecule has 0 saturated carbocycles. The molecule has 0 atom stereocenters. The van der Waals surface area contributed by atoms with Crippen LogP contribution in [0.25, 0.3) is 17.2 Å². The van der Waals surface area contributed by atoms with Gasteiger partial charge in [0.15, 0.2) is 0 Å². The molecule has 0 saturated heterocycles. The monoisotopic (exact) mass is 332 g/mol. The van der Waals surface area contributed by atoms with E-state index in [1.807, 2.05) is 30.3 Å². The normalized spacial score (nSPS) is 13.2. The van der Waals surface area contributed by atoms with Gasteiger partial charge >= 0.3 is 0 Å². The summed E-state index contributed by atoms with van der Waals surface area (Å²) in [6.45, 7) is 0. The first-order valence-electron chi connectivity index (χ1n) is 8.15. The molecular weight excluding hydrogens is 316 g/mol. The van der Waals surface area contributed by atoms with Crippen LogP contribution in [0.15, 0.2) is 35.1 Å². The number of fused-ring (bicyclic) bond motifs is 1. The van der Waals surface area contributed by atoms with E-state index in [1.165, 1.54) is 4.68 Å². The second-order valence-corrected chi connectivity index (χ2v) is 6.03. The quantitative estimate of drug-likeness (QED) is 0.744.